The van der Waals surface area contributed by atoms with E-state index in [9.17, 15) is 5.26 Å². The third-order valence-corrected chi connectivity index (χ3v) is 5.34. The van der Waals surface area contributed by atoms with Gasteiger partial charge in [0.05, 0.1) is 12.0 Å². The van der Waals surface area contributed by atoms with Crippen molar-refractivity contribution in [1.82, 2.24) is 0 Å². The molecule has 0 aromatic heterocycles. The summed E-state index contributed by atoms with van der Waals surface area (Å²) in [4.78, 5) is 1.32. The van der Waals surface area contributed by atoms with Crippen LogP contribution < -0.4 is 0 Å². The van der Waals surface area contributed by atoms with Crippen molar-refractivity contribution in [3.05, 3.63) is 29.3 Å². The molecule has 1 saturated carbocycles. The van der Waals surface area contributed by atoms with Crippen LogP contribution in [0.5, 0.6) is 0 Å². The van der Waals surface area contributed by atoms with Gasteiger partial charge >= 0.3 is 0 Å². The number of hydrogen-bond acceptors (Lipinski definition) is 2. The van der Waals surface area contributed by atoms with Gasteiger partial charge in [-0.1, -0.05) is 13.0 Å². The van der Waals surface area contributed by atoms with Crippen LogP contribution in [-0.4, -0.2) is 5.25 Å². The van der Waals surface area contributed by atoms with Crippen molar-refractivity contribution in [2.45, 2.75) is 50.2 Å². The molecule has 0 heterocycles. The number of nitriles is 1. The Kier molecular flexibility index (Phi) is 4.35. The maximum absolute atomic E-state index is 9.26. The lowest BCUT2D eigenvalue weighted by molar-refractivity contribution is 0.346. The second-order valence-electron chi connectivity index (χ2n) is 5.56. The Labute approximate surface area is 115 Å². The topological polar surface area (TPSA) is 23.8 Å². The molecule has 0 saturated heterocycles. The van der Waals surface area contributed by atoms with E-state index in [1.807, 2.05) is 11.8 Å². The summed E-state index contributed by atoms with van der Waals surface area (Å²) in [7, 11) is 0. The van der Waals surface area contributed by atoms with E-state index in [-0.39, 0.29) is 5.92 Å². The lowest BCUT2D eigenvalue weighted by atomic mass is 9.83. The van der Waals surface area contributed by atoms with E-state index in [4.69, 9.17) is 0 Å². The average Bonchev–Trinajstić information content (AvgIpc) is 2.34. The summed E-state index contributed by atoms with van der Waals surface area (Å²) in [5, 5.41) is 9.73. The number of hydrogen-bond donors (Lipinski definition) is 0. The molecular formula is C16H21NS. The maximum atomic E-state index is 9.26. The average molecular weight is 259 g/mol. The Bertz CT molecular complexity index is 461. The highest BCUT2D eigenvalue weighted by Crippen LogP contribution is 2.39. The van der Waals surface area contributed by atoms with Crippen LogP contribution in [0.25, 0.3) is 0 Å². The van der Waals surface area contributed by atoms with Gasteiger partial charge in [-0.15, -0.1) is 11.8 Å². The smallest absolute Gasteiger partial charge is 0.0667 e. The zero-order valence-electron chi connectivity index (χ0n) is 11.4. The second kappa shape index (κ2) is 5.80. The fourth-order valence-electron chi connectivity index (χ4n) is 2.57. The van der Waals surface area contributed by atoms with E-state index in [1.165, 1.54) is 28.9 Å². The van der Waals surface area contributed by atoms with Gasteiger partial charge in [-0.25, -0.2) is 0 Å². The van der Waals surface area contributed by atoms with E-state index in [1.54, 1.807) is 0 Å². The van der Waals surface area contributed by atoms with Crippen LogP contribution in [0, 0.1) is 37.0 Å². The van der Waals surface area contributed by atoms with Gasteiger partial charge in [0.25, 0.3) is 0 Å². The van der Waals surface area contributed by atoms with Crippen LogP contribution in [-0.2, 0) is 0 Å². The van der Waals surface area contributed by atoms with Crippen LogP contribution in [0.15, 0.2) is 23.1 Å². The zero-order valence-corrected chi connectivity index (χ0v) is 12.3. The summed E-state index contributed by atoms with van der Waals surface area (Å²) in [5.74, 6) is 0.992. The van der Waals surface area contributed by atoms with Crippen LogP contribution in [0.3, 0.4) is 0 Å². The van der Waals surface area contributed by atoms with Gasteiger partial charge in [-0.2, -0.15) is 5.26 Å². The molecule has 0 N–H and O–H groups in total. The molecule has 1 nitrogen and oxygen atoms in total. The van der Waals surface area contributed by atoms with Crippen molar-refractivity contribution in [3.63, 3.8) is 0 Å². The molecule has 0 aliphatic heterocycles. The SMILES string of the molecule is Cc1ccc(SC2CC(C)CCC2C#N)cc1C. The molecule has 0 bridgehead atoms. The first-order valence-corrected chi connectivity index (χ1v) is 7.61. The van der Waals surface area contributed by atoms with Crippen LogP contribution in [0.1, 0.15) is 37.3 Å². The molecule has 1 aromatic rings. The summed E-state index contributed by atoms with van der Waals surface area (Å²) >= 11 is 1.90. The predicted molar refractivity (Wildman–Crippen MR) is 77.7 cm³/mol. The molecule has 96 valence electrons. The monoisotopic (exact) mass is 259 g/mol. The minimum absolute atomic E-state index is 0.229. The molecular weight excluding hydrogens is 238 g/mol. The standard InChI is InChI=1S/C16H21NS/c1-11-4-6-14(10-17)16(8-11)18-15-7-5-12(2)13(3)9-15/h5,7,9,11,14,16H,4,6,8H2,1-3H3. The normalized spacial score (nSPS) is 27.8. The first kappa shape index (κ1) is 13.5. The van der Waals surface area contributed by atoms with E-state index in [2.05, 4.69) is 45.0 Å². The fraction of sp³-hybridized carbons (Fsp3) is 0.562. The van der Waals surface area contributed by atoms with Gasteiger partial charge < -0.3 is 0 Å². The van der Waals surface area contributed by atoms with E-state index in [0.717, 1.165) is 12.3 Å². The number of nitrogens with zero attached hydrogens (tertiary/aromatic N) is 1. The minimum atomic E-state index is 0.229. The van der Waals surface area contributed by atoms with Gasteiger partial charge in [-0.05, 0) is 62.3 Å². The Morgan fingerprint density at radius 2 is 2.00 bits per heavy atom. The molecule has 1 aromatic carbocycles. The summed E-state index contributed by atoms with van der Waals surface area (Å²) < 4.78 is 0. The van der Waals surface area contributed by atoms with Crippen LogP contribution in [0.2, 0.25) is 0 Å². The van der Waals surface area contributed by atoms with Gasteiger partial charge in [0.1, 0.15) is 0 Å². The van der Waals surface area contributed by atoms with Crippen LogP contribution in [0.4, 0.5) is 0 Å². The number of thioether (sulfide) groups is 1. The number of benzene rings is 1. The minimum Gasteiger partial charge on any atom is -0.198 e. The molecule has 0 spiro atoms. The maximum Gasteiger partial charge on any atom is 0.0667 e. The molecule has 1 aliphatic rings. The molecule has 2 heteroatoms. The largest absolute Gasteiger partial charge is 0.198 e. The van der Waals surface area contributed by atoms with E-state index < -0.39 is 0 Å². The highest BCUT2D eigenvalue weighted by molar-refractivity contribution is 8.00. The zero-order chi connectivity index (χ0) is 13.1. The quantitative estimate of drug-likeness (QED) is 0.767. The summed E-state index contributed by atoms with van der Waals surface area (Å²) in [6.45, 7) is 6.61. The molecule has 3 atom stereocenters. The molecule has 2 rings (SSSR count). The predicted octanol–water partition coefficient (Wildman–Crippen LogP) is 4.72. The Morgan fingerprint density at radius 3 is 2.67 bits per heavy atom. The Hall–Kier alpha value is -0.940. The number of aryl methyl sites for hydroxylation is 2. The molecule has 3 unspecified atom stereocenters. The van der Waals surface area contributed by atoms with Crippen LogP contribution >= 0.6 is 11.8 Å². The van der Waals surface area contributed by atoms with Crippen molar-refractivity contribution in [1.29, 1.82) is 5.26 Å². The van der Waals surface area contributed by atoms with Crippen molar-refractivity contribution < 1.29 is 0 Å². The van der Waals surface area contributed by atoms with Gasteiger partial charge in [-0.3, -0.25) is 0 Å². The molecule has 0 radical (unpaired) electrons. The van der Waals surface area contributed by atoms with E-state index in [0.29, 0.717) is 5.25 Å². The lowest BCUT2D eigenvalue weighted by Crippen LogP contribution is -2.24. The van der Waals surface area contributed by atoms with Gasteiger partial charge in [0, 0.05) is 10.1 Å². The van der Waals surface area contributed by atoms with E-state index >= 15 is 0 Å². The Morgan fingerprint density at radius 1 is 1.22 bits per heavy atom. The Balaban J connectivity index is 2.11. The van der Waals surface area contributed by atoms with Crippen molar-refractivity contribution in [3.8, 4) is 6.07 Å². The van der Waals surface area contributed by atoms with Gasteiger partial charge in [0.15, 0.2) is 0 Å². The summed E-state index contributed by atoms with van der Waals surface area (Å²) in [6, 6.07) is 9.14. The molecule has 18 heavy (non-hydrogen) atoms. The second-order valence-corrected chi connectivity index (χ2v) is 6.87. The van der Waals surface area contributed by atoms with Crippen molar-refractivity contribution in [2.24, 2.45) is 11.8 Å². The molecule has 1 aliphatic carbocycles. The number of rotatable bonds is 2. The lowest BCUT2D eigenvalue weighted by Gasteiger charge is -2.30. The fourth-order valence-corrected chi connectivity index (χ4v) is 4.10. The summed E-state index contributed by atoms with van der Waals surface area (Å²) in [6.07, 6.45) is 3.46. The third-order valence-electron chi connectivity index (χ3n) is 3.99. The third kappa shape index (κ3) is 3.09. The van der Waals surface area contributed by atoms with Crippen molar-refractivity contribution in [2.75, 3.05) is 0 Å². The highest BCUT2D eigenvalue weighted by Gasteiger charge is 2.29. The first-order valence-electron chi connectivity index (χ1n) is 6.73. The summed E-state index contributed by atoms with van der Waals surface area (Å²) in [5.41, 5.74) is 2.69. The molecule has 1 fully saturated rings. The first-order chi connectivity index (χ1) is 8.60. The highest BCUT2D eigenvalue weighted by atomic mass is 32.2. The van der Waals surface area contributed by atoms with Gasteiger partial charge in [0.2, 0.25) is 0 Å². The van der Waals surface area contributed by atoms with Crippen molar-refractivity contribution >= 4 is 11.8 Å². The molecule has 0 amide bonds.